The number of likely N-dealkylation sites (tertiary alicyclic amines) is 1. The van der Waals surface area contributed by atoms with Gasteiger partial charge in [-0.25, -0.2) is 4.98 Å². The molecule has 1 fully saturated rings. The molecule has 34 heavy (non-hydrogen) atoms. The molecule has 0 radical (unpaired) electrons. The molecule has 4 aromatic rings. The third-order valence-electron chi connectivity index (χ3n) is 5.88. The van der Waals surface area contributed by atoms with Crippen LogP contribution in [0.4, 0.5) is 20.2 Å². The van der Waals surface area contributed by atoms with Crippen molar-refractivity contribution in [1.29, 1.82) is 0 Å². The lowest BCUT2D eigenvalue weighted by Gasteiger charge is -2.31. The second kappa shape index (κ2) is 9.51. The van der Waals surface area contributed by atoms with Gasteiger partial charge in [-0.15, -0.1) is 0 Å². The van der Waals surface area contributed by atoms with Crippen LogP contribution in [0.1, 0.15) is 35.0 Å². The van der Waals surface area contributed by atoms with E-state index in [9.17, 15) is 13.6 Å². The van der Waals surface area contributed by atoms with Crippen LogP contribution >= 0.6 is 0 Å². The minimum Gasteiger partial charge on any atom is -0.440 e. The summed E-state index contributed by atoms with van der Waals surface area (Å²) in [5.41, 5.74) is 3.40. The van der Waals surface area contributed by atoms with Crippen molar-refractivity contribution in [2.24, 2.45) is 0 Å². The number of hydrogen-bond acceptors (Lipinski definition) is 5. The molecule has 6 nitrogen and oxygen atoms in total. The molecule has 1 amide bonds. The highest BCUT2D eigenvalue weighted by Gasteiger charge is 2.29. The first-order valence-electron chi connectivity index (χ1n) is 11.1. The Kier molecular flexibility index (Phi) is 6.12. The molecular weight excluding hydrogens is 440 g/mol. The number of alkyl halides is 2. The van der Waals surface area contributed by atoms with E-state index in [1.807, 2.05) is 47.4 Å². The topological polar surface area (TPSA) is 67.6 Å². The molecule has 1 N–H and O–H groups in total. The molecule has 174 valence electrons. The summed E-state index contributed by atoms with van der Waals surface area (Å²) < 4.78 is 35.1. The van der Waals surface area contributed by atoms with Crippen LogP contribution in [0.15, 0.2) is 77.2 Å². The molecule has 0 aliphatic carbocycles. The standard InChI is InChI=1S/C26H23F2N3O3/c27-26(28)33-19-13-11-18(12-14-19)29-21-8-2-1-7-20(21)25(32)31-15-5-6-17(16-31)24-30-22-9-3-4-10-23(22)34-24/h1-4,7-14,17,26,29H,5-6,15-16H2. The number of carbonyl (C=O) groups excluding carboxylic acids is 1. The Hall–Kier alpha value is -3.94. The van der Waals surface area contributed by atoms with Gasteiger partial charge in [0.2, 0.25) is 0 Å². The first-order chi connectivity index (χ1) is 16.6. The summed E-state index contributed by atoms with van der Waals surface area (Å²) in [5.74, 6) is 0.689. The molecule has 1 aliphatic rings. The maximum Gasteiger partial charge on any atom is 0.387 e. The summed E-state index contributed by atoms with van der Waals surface area (Å²) in [6.45, 7) is -1.69. The zero-order chi connectivity index (χ0) is 23.5. The monoisotopic (exact) mass is 463 g/mol. The number of amides is 1. The molecular formula is C26H23F2N3O3. The van der Waals surface area contributed by atoms with E-state index in [2.05, 4.69) is 15.0 Å². The van der Waals surface area contributed by atoms with Gasteiger partial charge >= 0.3 is 6.61 Å². The molecule has 1 saturated heterocycles. The molecule has 3 aromatic carbocycles. The van der Waals surface area contributed by atoms with Crippen LogP contribution in [0.2, 0.25) is 0 Å². The fourth-order valence-electron chi connectivity index (χ4n) is 4.25. The molecule has 1 unspecified atom stereocenters. The van der Waals surface area contributed by atoms with Gasteiger partial charge in [0.05, 0.1) is 17.2 Å². The molecule has 5 rings (SSSR count). The number of rotatable bonds is 6. The number of benzene rings is 3. The van der Waals surface area contributed by atoms with Gasteiger partial charge in [0.1, 0.15) is 11.3 Å². The van der Waals surface area contributed by atoms with E-state index in [1.165, 1.54) is 12.1 Å². The van der Waals surface area contributed by atoms with Crippen molar-refractivity contribution in [3.8, 4) is 5.75 Å². The summed E-state index contributed by atoms with van der Waals surface area (Å²) in [4.78, 5) is 19.9. The first kappa shape index (κ1) is 21.9. The number of para-hydroxylation sites is 3. The highest BCUT2D eigenvalue weighted by molar-refractivity contribution is 6.00. The number of hydrogen-bond donors (Lipinski definition) is 1. The zero-order valence-corrected chi connectivity index (χ0v) is 18.3. The summed E-state index contributed by atoms with van der Waals surface area (Å²) in [6.07, 6.45) is 1.76. The minimum atomic E-state index is -2.87. The minimum absolute atomic E-state index is 0.0348. The van der Waals surface area contributed by atoms with Gasteiger partial charge in [0.15, 0.2) is 11.5 Å². The molecule has 1 aliphatic heterocycles. The Morgan fingerprint density at radius 1 is 1.06 bits per heavy atom. The fraction of sp³-hybridized carbons (Fsp3) is 0.231. The largest absolute Gasteiger partial charge is 0.440 e. The maximum atomic E-state index is 13.5. The summed E-state index contributed by atoms with van der Waals surface area (Å²) in [7, 11) is 0. The SMILES string of the molecule is O=C(c1ccccc1Nc1ccc(OC(F)F)cc1)N1CCCC(c2nc3ccccc3o2)C1. The Morgan fingerprint density at radius 2 is 1.82 bits per heavy atom. The van der Waals surface area contributed by atoms with E-state index in [4.69, 9.17) is 4.42 Å². The zero-order valence-electron chi connectivity index (χ0n) is 18.3. The van der Waals surface area contributed by atoms with Crippen molar-refractivity contribution in [3.05, 3.63) is 84.3 Å². The number of carbonyl (C=O) groups is 1. The Morgan fingerprint density at radius 3 is 2.62 bits per heavy atom. The van der Waals surface area contributed by atoms with Gasteiger partial charge in [-0.2, -0.15) is 8.78 Å². The lowest BCUT2D eigenvalue weighted by Crippen LogP contribution is -2.39. The predicted octanol–water partition coefficient (Wildman–Crippen LogP) is 6.19. The highest BCUT2D eigenvalue weighted by atomic mass is 19.3. The van der Waals surface area contributed by atoms with Gasteiger partial charge in [-0.1, -0.05) is 24.3 Å². The van der Waals surface area contributed by atoms with E-state index < -0.39 is 6.61 Å². The molecule has 2 heterocycles. The summed E-state index contributed by atoms with van der Waals surface area (Å²) in [5, 5.41) is 3.21. The molecule has 0 saturated carbocycles. The van der Waals surface area contributed by atoms with Crippen LogP contribution in [-0.2, 0) is 0 Å². The smallest absolute Gasteiger partial charge is 0.387 e. The van der Waals surface area contributed by atoms with Crippen LogP contribution in [0.3, 0.4) is 0 Å². The number of ether oxygens (including phenoxy) is 1. The van der Waals surface area contributed by atoms with E-state index in [0.717, 1.165) is 23.9 Å². The average Bonchev–Trinajstić information content (AvgIpc) is 3.29. The van der Waals surface area contributed by atoms with Gasteiger partial charge in [-0.05, 0) is 61.4 Å². The first-order valence-corrected chi connectivity index (χ1v) is 11.1. The van der Waals surface area contributed by atoms with Gasteiger partial charge in [0.25, 0.3) is 5.91 Å². The van der Waals surface area contributed by atoms with Crippen molar-refractivity contribution in [2.75, 3.05) is 18.4 Å². The van der Waals surface area contributed by atoms with Crippen molar-refractivity contribution >= 4 is 28.4 Å². The number of halogens is 2. The number of nitrogens with one attached hydrogen (secondary N) is 1. The number of oxazole rings is 1. The number of fused-ring (bicyclic) bond motifs is 1. The van der Waals surface area contributed by atoms with Crippen LogP contribution in [-0.4, -0.2) is 35.5 Å². The maximum absolute atomic E-state index is 13.5. The average molecular weight is 463 g/mol. The van der Waals surface area contributed by atoms with Crippen LogP contribution in [0.25, 0.3) is 11.1 Å². The highest BCUT2D eigenvalue weighted by Crippen LogP contribution is 2.31. The van der Waals surface area contributed by atoms with Crippen LogP contribution < -0.4 is 10.1 Å². The second-order valence-electron chi connectivity index (χ2n) is 8.18. The molecule has 0 spiro atoms. The summed E-state index contributed by atoms with van der Waals surface area (Å²) >= 11 is 0. The van der Waals surface area contributed by atoms with E-state index in [1.54, 1.807) is 18.2 Å². The quantitative estimate of drug-likeness (QED) is 0.369. The van der Waals surface area contributed by atoms with Gasteiger partial charge in [0, 0.05) is 18.8 Å². The molecule has 0 bridgehead atoms. The number of aromatic nitrogens is 1. The third-order valence-corrected chi connectivity index (χ3v) is 5.88. The van der Waals surface area contributed by atoms with Crippen molar-refractivity contribution in [1.82, 2.24) is 9.88 Å². The lowest BCUT2D eigenvalue weighted by molar-refractivity contribution is -0.0498. The van der Waals surface area contributed by atoms with Crippen molar-refractivity contribution in [2.45, 2.75) is 25.4 Å². The third kappa shape index (κ3) is 4.71. The van der Waals surface area contributed by atoms with Crippen molar-refractivity contribution < 1.29 is 22.7 Å². The fourth-order valence-corrected chi connectivity index (χ4v) is 4.25. The normalized spacial score (nSPS) is 16.1. The number of piperidine rings is 1. The van der Waals surface area contributed by atoms with E-state index in [0.29, 0.717) is 35.9 Å². The molecule has 1 aromatic heterocycles. The van der Waals surface area contributed by atoms with Crippen LogP contribution in [0, 0.1) is 0 Å². The predicted molar refractivity (Wildman–Crippen MR) is 125 cm³/mol. The number of nitrogens with zero attached hydrogens (tertiary/aromatic N) is 2. The summed E-state index contributed by atoms with van der Waals surface area (Å²) in [6, 6.07) is 21.1. The van der Waals surface area contributed by atoms with Gasteiger partial charge in [-0.3, -0.25) is 4.79 Å². The second-order valence-corrected chi connectivity index (χ2v) is 8.18. The van der Waals surface area contributed by atoms with E-state index >= 15 is 0 Å². The van der Waals surface area contributed by atoms with E-state index in [-0.39, 0.29) is 17.6 Å². The molecule has 8 heteroatoms. The Bertz CT molecular complexity index is 1260. The van der Waals surface area contributed by atoms with Crippen LogP contribution in [0.5, 0.6) is 5.75 Å². The number of anilines is 2. The van der Waals surface area contributed by atoms with Gasteiger partial charge < -0.3 is 19.4 Å². The lowest BCUT2D eigenvalue weighted by atomic mass is 9.97. The Balaban J connectivity index is 1.32. The van der Waals surface area contributed by atoms with Crippen molar-refractivity contribution in [3.63, 3.8) is 0 Å². The Labute approximate surface area is 195 Å². The molecule has 1 atom stereocenters.